The average molecular weight is 649 g/mol. The SMILES string of the molecule is CC.O=S(=O)(Nc1cc(F)c(C(F)(F)F)cc1F)c1cn(SI)c2sc(Br)cc12. The number of alkyl halides is 3. The second kappa shape index (κ2) is 9.28. The second-order valence-electron chi connectivity index (χ2n) is 5.07. The lowest BCUT2D eigenvalue weighted by molar-refractivity contribution is -0.140. The van der Waals surface area contributed by atoms with Crippen molar-refractivity contribution in [3.63, 3.8) is 0 Å². The molecule has 0 aliphatic rings. The summed E-state index contributed by atoms with van der Waals surface area (Å²) in [5.74, 6) is -3.33. The van der Waals surface area contributed by atoms with Gasteiger partial charge in [-0.15, -0.1) is 11.3 Å². The number of fused-ring (bicyclic) bond motifs is 1. The Kier molecular flexibility index (Phi) is 7.90. The Hall–Kier alpha value is -0.580. The van der Waals surface area contributed by atoms with Gasteiger partial charge in [-0.2, -0.15) is 13.2 Å². The van der Waals surface area contributed by atoms with Crippen LogP contribution in [0, 0.1) is 11.6 Å². The van der Waals surface area contributed by atoms with Crippen LogP contribution in [0.15, 0.2) is 33.1 Å². The maximum absolute atomic E-state index is 14.0. The summed E-state index contributed by atoms with van der Waals surface area (Å²) in [7, 11) is -3.20. The van der Waals surface area contributed by atoms with Crippen molar-refractivity contribution in [3.8, 4) is 0 Å². The number of thiophene rings is 1. The number of nitrogens with zero attached hydrogens (tertiary/aromatic N) is 1. The van der Waals surface area contributed by atoms with Crippen LogP contribution in [0.4, 0.5) is 27.6 Å². The Balaban J connectivity index is 0.00000145. The molecule has 0 saturated heterocycles. The highest BCUT2D eigenvalue weighted by atomic mass is 127. The van der Waals surface area contributed by atoms with E-state index < -0.39 is 39.1 Å². The van der Waals surface area contributed by atoms with Crippen LogP contribution in [0.25, 0.3) is 10.2 Å². The predicted molar refractivity (Wildman–Crippen MR) is 118 cm³/mol. The number of hydrogen-bond donors (Lipinski definition) is 1. The maximum Gasteiger partial charge on any atom is 0.419 e. The summed E-state index contributed by atoms with van der Waals surface area (Å²) in [6, 6.07) is 1.62. The average Bonchev–Trinajstić information content (AvgIpc) is 3.15. The van der Waals surface area contributed by atoms with E-state index in [9.17, 15) is 30.4 Å². The summed E-state index contributed by atoms with van der Waals surface area (Å²) >= 11 is 6.44. The van der Waals surface area contributed by atoms with Crippen LogP contribution in [0.2, 0.25) is 0 Å². The molecule has 3 rings (SSSR count). The van der Waals surface area contributed by atoms with E-state index in [1.54, 1.807) is 10.0 Å². The molecule has 0 aliphatic carbocycles. The Bertz CT molecular complexity index is 1150. The van der Waals surface area contributed by atoms with Gasteiger partial charge in [0.25, 0.3) is 10.0 Å². The van der Waals surface area contributed by atoms with E-state index in [-0.39, 0.29) is 17.0 Å². The number of aromatic nitrogens is 1. The summed E-state index contributed by atoms with van der Waals surface area (Å²) < 4.78 is 94.9. The fraction of sp³-hybridized carbons (Fsp3) is 0.200. The van der Waals surface area contributed by atoms with E-state index in [2.05, 4.69) is 15.9 Å². The molecule has 160 valence electrons. The predicted octanol–water partition coefficient (Wildman–Crippen LogP) is 7.44. The summed E-state index contributed by atoms with van der Waals surface area (Å²) in [6.07, 6.45) is -3.82. The van der Waals surface area contributed by atoms with Gasteiger partial charge in [0.1, 0.15) is 21.4 Å². The van der Waals surface area contributed by atoms with Gasteiger partial charge in [0.15, 0.2) is 0 Å². The molecule has 2 heterocycles. The largest absolute Gasteiger partial charge is 0.419 e. The smallest absolute Gasteiger partial charge is 0.276 e. The molecule has 29 heavy (non-hydrogen) atoms. The molecule has 4 nitrogen and oxygen atoms in total. The van der Waals surface area contributed by atoms with Crippen molar-refractivity contribution in [2.24, 2.45) is 0 Å². The number of sulfonamides is 1. The van der Waals surface area contributed by atoms with Crippen LogP contribution in [0.1, 0.15) is 19.4 Å². The molecule has 0 unspecified atom stereocenters. The maximum atomic E-state index is 14.0. The molecule has 0 saturated carbocycles. The third kappa shape index (κ3) is 5.19. The Labute approximate surface area is 191 Å². The highest BCUT2D eigenvalue weighted by Gasteiger charge is 2.35. The number of halogens is 7. The van der Waals surface area contributed by atoms with E-state index in [0.717, 1.165) is 0 Å². The van der Waals surface area contributed by atoms with E-state index >= 15 is 0 Å². The summed E-state index contributed by atoms with van der Waals surface area (Å²) in [6.45, 7) is 4.00. The van der Waals surface area contributed by atoms with Gasteiger partial charge in [-0.1, -0.05) is 13.8 Å². The molecule has 0 radical (unpaired) electrons. The molecule has 0 fully saturated rings. The number of rotatable bonds is 4. The summed E-state index contributed by atoms with van der Waals surface area (Å²) in [5.41, 5.74) is -2.74. The molecule has 0 spiro atoms. The zero-order chi connectivity index (χ0) is 22.1. The van der Waals surface area contributed by atoms with Crippen molar-refractivity contribution < 1.29 is 30.4 Å². The molecule has 0 atom stereocenters. The van der Waals surface area contributed by atoms with Crippen LogP contribution in [0.5, 0.6) is 0 Å². The zero-order valence-electron chi connectivity index (χ0n) is 14.4. The van der Waals surface area contributed by atoms with Gasteiger partial charge < -0.3 is 0 Å². The van der Waals surface area contributed by atoms with Crippen molar-refractivity contribution in [2.75, 3.05) is 4.72 Å². The van der Waals surface area contributed by atoms with Gasteiger partial charge >= 0.3 is 6.18 Å². The molecule has 1 N–H and O–H groups in total. The van der Waals surface area contributed by atoms with Crippen molar-refractivity contribution in [1.82, 2.24) is 3.97 Å². The molecule has 0 aliphatic heterocycles. The first-order valence-corrected chi connectivity index (χ1v) is 14.0. The van der Waals surface area contributed by atoms with Gasteiger partial charge in [-0.05, 0) is 28.1 Å². The van der Waals surface area contributed by atoms with Crippen LogP contribution in [-0.4, -0.2) is 12.4 Å². The summed E-state index contributed by atoms with van der Waals surface area (Å²) in [4.78, 5) is 0.379. The molecule has 0 amide bonds. The lowest BCUT2D eigenvalue weighted by atomic mass is 10.2. The normalized spacial score (nSPS) is 12.0. The monoisotopic (exact) mass is 648 g/mol. The van der Waals surface area contributed by atoms with Gasteiger partial charge in [0.05, 0.1) is 15.0 Å². The van der Waals surface area contributed by atoms with Gasteiger partial charge in [0.2, 0.25) is 0 Å². The Morgan fingerprint density at radius 1 is 1.17 bits per heavy atom. The highest BCUT2D eigenvalue weighted by molar-refractivity contribution is 14.2. The molecule has 2 aromatic heterocycles. The molecule has 0 bridgehead atoms. The Morgan fingerprint density at radius 2 is 1.79 bits per heavy atom. The molecule has 3 aromatic rings. The first kappa shape index (κ1) is 24.7. The van der Waals surface area contributed by atoms with Crippen molar-refractivity contribution in [2.45, 2.75) is 24.9 Å². The number of hydrogen-bond acceptors (Lipinski definition) is 4. The lowest BCUT2D eigenvalue weighted by Gasteiger charge is -2.12. The molecule has 1 aromatic carbocycles. The number of anilines is 1. The molecular formula is C15H11BrF5IN2O2S3. The highest BCUT2D eigenvalue weighted by Crippen LogP contribution is 2.40. The minimum Gasteiger partial charge on any atom is -0.276 e. The minimum absolute atomic E-state index is 0.0875. The van der Waals surface area contributed by atoms with Crippen molar-refractivity contribution in [3.05, 3.63) is 45.4 Å². The molecular weight excluding hydrogens is 638 g/mol. The van der Waals surface area contributed by atoms with Crippen LogP contribution < -0.4 is 4.72 Å². The second-order valence-corrected chi connectivity index (χ2v) is 10.8. The van der Waals surface area contributed by atoms with E-state index in [4.69, 9.17) is 0 Å². The molecule has 14 heteroatoms. The van der Waals surface area contributed by atoms with Crippen LogP contribution in [0.3, 0.4) is 0 Å². The topological polar surface area (TPSA) is 51.1 Å². The quantitative estimate of drug-likeness (QED) is 0.236. The van der Waals surface area contributed by atoms with E-state index in [1.165, 1.54) is 26.7 Å². The van der Waals surface area contributed by atoms with Gasteiger partial charge in [0, 0.05) is 48.0 Å². The fourth-order valence-electron chi connectivity index (χ4n) is 2.23. The lowest BCUT2D eigenvalue weighted by Crippen LogP contribution is -2.15. The van der Waals surface area contributed by atoms with Crippen molar-refractivity contribution >= 4 is 83.5 Å². The number of nitrogens with one attached hydrogen (secondary N) is 1. The third-order valence-electron chi connectivity index (χ3n) is 3.35. The Morgan fingerprint density at radius 3 is 2.34 bits per heavy atom. The fourth-order valence-corrected chi connectivity index (χ4v) is 6.95. The van der Waals surface area contributed by atoms with E-state index in [1.807, 2.05) is 39.8 Å². The zero-order valence-corrected chi connectivity index (χ0v) is 20.6. The van der Waals surface area contributed by atoms with Gasteiger partial charge in [-0.3, -0.25) is 8.69 Å². The summed E-state index contributed by atoms with van der Waals surface area (Å²) in [5, 5.41) is 0.330. The van der Waals surface area contributed by atoms with Gasteiger partial charge in [-0.25, -0.2) is 17.2 Å². The van der Waals surface area contributed by atoms with E-state index in [0.29, 0.717) is 14.0 Å². The van der Waals surface area contributed by atoms with Crippen LogP contribution in [-0.2, 0) is 16.2 Å². The first-order valence-electron chi connectivity index (χ1n) is 7.62. The standard InChI is InChI=1S/C13H5BrF5IN2O2S3.C2H6/c14-11-1-5-10(4-22(26-20)12(5)25-11)27(23,24)21-9-3-7(15)6(2-8(9)16)13(17,18)19;1-2/h1-4,21H;1-2H3. The number of benzene rings is 1. The van der Waals surface area contributed by atoms with Crippen molar-refractivity contribution in [1.29, 1.82) is 0 Å². The minimum atomic E-state index is -5.10. The first-order chi connectivity index (χ1) is 13.4. The third-order valence-corrected chi connectivity index (χ3v) is 8.21. The van der Waals surface area contributed by atoms with Crippen LogP contribution >= 0.6 is 57.6 Å².